The molecule has 1 heterocycles. The number of alkyl halides is 3. The highest BCUT2D eigenvalue weighted by molar-refractivity contribution is 9.11. The highest BCUT2D eigenvalue weighted by Crippen LogP contribution is 2.45. The molecule has 2 rings (SSSR count). The molecule has 0 amide bonds. The number of allylic oxidation sites excluding steroid dienone is 1. The van der Waals surface area contributed by atoms with Crippen LogP contribution < -0.4 is 0 Å². The van der Waals surface area contributed by atoms with E-state index in [-0.39, 0.29) is 16.7 Å². The van der Waals surface area contributed by atoms with E-state index in [2.05, 4.69) is 38.3 Å². The predicted molar refractivity (Wildman–Crippen MR) is 74.6 cm³/mol. The summed E-state index contributed by atoms with van der Waals surface area (Å²) in [6, 6.07) is 3.13. The van der Waals surface area contributed by atoms with Crippen LogP contribution in [0.5, 0.6) is 0 Å². The number of halogens is 5. The molecule has 0 aromatic heterocycles. The Kier molecular flexibility index (Phi) is 4.89. The molecule has 0 aliphatic carbocycles. The van der Waals surface area contributed by atoms with Crippen molar-refractivity contribution >= 4 is 43.6 Å². The monoisotopic (exact) mass is 414 g/mol. The van der Waals surface area contributed by atoms with Crippen molar-refractivity contribution in [3.05, 3.63) is 45.4 Å². The first-order valence-corrected chi connectivity index (χ1v) is 7.55. The quantitative estimate of drug-likeness (QED) is 0.557. The van der Waals surface area contributed by atoms with Crippen LogP contribution in [0.25, 0.3) is 0 Å². The zero-order valence-corrected chi connectivity index (χ0v) is 13.3. The summed E-state index contributed by atoms with van der Waals surface area (Å²) in [5, 5.41) is 0. The molecule has 19 heavy (non-hydrogen) atoms. The smallest absolute Gasteiger partial charge is 0.446 e. The van der Waals surface area contributed by atoms with E-state index in [0.717, 1.165) is 0 Å². The second-order valence-corrected chi connectivity index (χ2v) is 6.52. The third-order valence-electron chi connectivity index (χ3n) is 2.28. The van der Waals surface area contributed by atoms with Crippen molar-refractivity contribution in [3.63, 3.8) is 0 Å². The maximum absolute atomic E-state index is 12.6. The third-order valence-corrected chi connectivity index (χ3v) is 4.18. The molecule has 1 nitrogen and oxygen atoms in total. The standard InChI is InChI=1S/C12H7Br2F3OS/c13-7-5-8(14)11(9-3-1-2-4-18-9)10(6-7)19-12(15,16)17/h2,4-6,9H,1H2. The van der Waals surface area contributed by atoms with Crippen molar-refractivity contribution in [2.45, 2.75) is 22.9 Å². The van der Waals surface area contributed by atoms with E-state index in [1.807, 2.05) is 0 Å². The van der Waals surface area contributed by atoms with E-state index in [0.29, 0.717) is 20.9 Å². The number of ether oxygens (including phenoxy) is 1. The minimum atomic E-state index is -4.35. The van der Waals surface area contributed by atoms with Gasteiger partial charge >= 0.3 is 5.51 Å². The second kappa shape index (κ2) is 6.10. The Hall–Kier alpha value is -0.140. The largest absolute Gasteiger partial charge is 0.493 e. The van der Waals surface area contributed by atoms with Gasteiger partial charge in [0.1, 0.15) is 6.10 Å². The minimum absolute atomic E-state index is 0.0987. The van der Waals surface area contributed by atoms with Crippen LogP contribution in [0, 0.1) is 6.42 Å². The van der Waals surface area contributed by atoms with Crippen LogP contribution >= 0.6 is 43.6 Å². The molecule has 0 N–H and O–H groups in total. The van der Waals surface area contributed by atoms with Crippen molar-refractivity contribution in [1.82, 2.24) is 0 Å². The summed E-state index contributed by atoms with van der Waals surface area (Å²) in [6.45, 7) is 0. The van der Waals surface area contributed by atoms with Gasteiger partial charge in [-0.15, -0.1) is 0 Å². The molecule has 1 aliphatic heterocycles. The number of benzene rings is 1. The summed E-state index contributed by atoms with van der Waals surface area (Å²) in [7, 11) is 0. The van der Waals surface area contributed by atoms with Crippen LogP contribution in [0.3, 0.4) is 0 Å². The highest BCUT2D eigenvalue weighted by Gasteiger charge is 2.33. The van der Waals surface area contributed by atoms with E-state index >= 15 is 0 Å². The lowest BCUT2D eigenvalue weighted by Gasteiger charge is -2.23. The van der Waals surface area contributed by atoms with Gasteiger partial charge < -0.3 is 4.74 Å². The second-order valence-electron chi connectivity index (χ2n) is 3.64. The Labute approximate surface area is 129 Å². The first-order chi connectivity index (χ1) is 8.87. The maximum atomic E-state index is 12.6. The van der Waals surface area contributed by atoms with Gasteiger partial charge in [0.15, 0.2) is 0 Å². The Bertz CT molecular complexity index is 502. The first kappa shape index (κ1) is 15.3. The van der Waals surface area contributed by atoms with Crippen molar-refractivity contribution in [2.24, 2.45) is 0 Å². The van der Waals surface area contributed by atoms with Crippen LogP contribution in [0.2, 0.25) is 0 Å². The Balaban J connectivity index is 2.42. The van der Waals surface area contributed by atoms with Gasteiger partial charge in [0.25, 0.3) is 0 Å². The van der Waals surface area contributed by atoms with Gasteiger partial charge in [0.2, 0.25) is 0 Å². The molecular weight excluding hydrogens is 409 g/mol. The predicted octanol–water partition coefficient (Wildman–Crippen LogP) is 5.88. The Morgan fingerprint density at radius 2 is 2.05 bits per heavy atom. The summed E-state index contributed by atoms with van der Waals surface area (Å²) >= 11 is 6.32. The van der Waals surface area contributed by atoms with Crippen LogP contribution in [0.15, 0.2) is 38.3 Å². The van der Waals surface area contributed by atoms with Crippen LogP contribution in [-0.4, -0.2) is 5.51 Å². The Morgan fingerprint density at radius 3 is 2.63 bits per heavy atom. The summed E-state index contributed by atoms with van der Waals surface area (Å²) in [6.07, 6.45) is 6.17. The fraction of sp³-hybridized carbons (Fsp3) is 0.250. The van der Waals surface area contributed by atoms with Gasteiger partial charge in [-0.3, -0.25) is 0 Å². The van der Waals surface area contributed by atoms with Gasteiger partial charge in [-0.05, 0) is 36.4 Å². The van der Waals surface area contributed by atoms with E-state index in [1.165, 1.54) is 12.3 Å². The molecule has 0 bridgehead atoms. The lowest BCUT2D eigenvalue weighted by atomic mass is 10.0. The number of rotatable bonds is 2. The SMILES string of the molecule is FC(F)(F)Sc1cc(Br)cc(Br)c1C1[C]CC=CO1. The van der Waals surface area contributed by atoms with Crippen molar-refractivity contribution in [2.75, 3.05) is 0 Å². The van der Waals surface area contributed by atoms with Gasteiger partial charge in [0.05, 0.1) is 6.26 Å². The lowest BCUT2D eigenvalue weighted by Crippen LogP contribution is -2.09. The molecule has 1 atom stereocenters. The average molecular weight is 416 g/mol. The summed E-state index contributed by atoms with van der Waals surface area (Å²) < 4.78 is 44.3. The molecule has 0 fully saturated rings. The molecule has 7 heteroatoms. The van der Waals surface area contributed by atoms with E-state index in [9.17, 15) is 13.2 Å². The van der Waals surface area contributed by atoms with Crippen molar-refractivity contribution in [3.8, 4) is 0 Å². The number of hydrogen-bond acceptors (Lipinski definition) is 2. The van der Waals surface area contributed by atoms with Gasteiger partial charge in [-0.25, -0.2) is 0 Å². The first-order valence-electron chi connectivity index (χ1n) is 5.15. The summed E-state index contributed by atoms with van der Waals surface area (Å²) in [5.41, 5.74) is -3.91. The Morgan fingerprint density at radius 1 is 1.32 bits per heavy atom. The number of hydrogen-bond donors (Lipinski definition) is 0. The number of thioether (sulfide) groups is 1. The fourth-order valence-electron chi connectivity index (χ4n) is 1.60. The third kappa shape index (κ3) is 4.16. The highest BCUT2D eigenvalue weighted by atomic mass is 79.9. The zero-order valence-electron chi connectivity index (χ0n) is 9.30. The van der Waals surface area contributed by atoms with Crippen LogP contribution in [0.4, 0.5) is 13.2 Å². The van der Waals surface area contributed by atoms with Crippen LogP contribution in [0.1, 0.15) is 18.1 Å². The van der Waals surface area contributed by atoms with Gasteiger partial charge in [0, 0.05) is 25.8 Å². The molecule has 102 valence electrons. The molecule has 2 radical (unpaired) electrons. The summed E-state index contributed by atoms with van der Waals surface area (Å²) in [4.78, 5) is 0.0987. The van der Waals surface area contributed by atoms with Crippen molar-refractivity contribution in [1.29, 1.82) is 0 Å². The van der Waals surface area contributed by atoms with Crippen LogP contribution in [-0.2, 0) is 4.74 Å². The molecule has 0 spiro atoms. The van der Waals surface area contributed by atoms with Gasteiger partial charge in [-0.1, -0.05) is 31.9 Å². The molecule has 0 saturated carbocycles. The van der Waals surface area contributed by atoms with E-state index < -0.39 is 11.6 Å². The van der Waals surface area contributed by atoms with E-state index in [1.54, 1.807) is 12.1 Å². The van der Waals surface area contributed by atoms with Crippen molar-refractivity contribution < 1.29 is 17.9 Å². The zero-order chi connectivity index (χ0) is 14.0. The average Bonchev–Trinajstić information content (AvgIpc) is 2.27. The molecule has 1 unspecified atom stereocenters. The molecule has 0 saturated heterocycles. The topological polar surface area (TPSA) is 9.23 Å². The summed E-state index contributed by atoms with van der Waals surface area (Å²) in [5.74, 6) is 0. The fourth-order valence-corrected chi connectivity index (χ4v) is 4.08. The maximum Gasteiger partial charge on any atom is 0.446 e. The van der Waals surface area contributed by atoms with Gasteiger partial charge in [-0.2, -0.15) is 13.2 Å². The van der Waals surface area contributed by atoms with E-state index in [4.69, 9.17) is 4.74 Å². The molecule has 1 aromatic carbocycles. The lowest BCUT2D eigenvalue weighted by molar-refractivity contribution is -0.0328. The molecule has 1 aromatic rings. The molecule has 1 aliphatic rings. The minimum Gasteiger partial charge on any atom is -0.493 e. The normalized spacial score (nSPS) is 19.3. The molecular formula is C12H7Br2F3OS.